The third-order valence-corrected chi connectivity index (χ3v) is 4.12. The highest BCUT2D eigenvalue weighted by molar-refractivity contribution is 5.71. The Morgan fingerprint density at radius 3 is 2.67 bits per heavy atom. The van der Waals surface area contributed by atoms with Gasteiger partial charge < -0.3 is 21.1 Å². The Hall–Kier alpha value is -2.46. The van der Waals surface area contributed by atoms with Crippen LogP contribution in [-0.2, 0) is 0 Å². The third-order valence-electron chi connectivity index (χ3n) is 4.12. The van der Waals surface area contributed by atoms with Crippen molar-refractivity contribution in [2.24, 2.45) is 5.92 Å². The number of fused-ring (bicyclic) bond motifs is 1. The Morgan fingerprint density at radius 2 is 2.08 bits per heavy atom. The van der Waals surface area contributed by atoms with Crippen LogP contribution in [0.2, 0.25) is 0 Å². The highest BCUT2D eigenvalue weighted by Crippen LogP contribution is 2.36. The fourth-order valence-corrected chi connectivity index (χ4v) is 3.08. The highest BCUT2D eigenvalue weighted by atomic mass is 16.3. The summed E-state index contributed by atoms with van der Waals surface area (Å²) in [6, 6.07) is 0.139. The molecule has 1 fully saturated rings. The van der Waals surface area contributed by atoms with Crippen LogP contribution >= 0.6 is 0 Å². The second-order valence-corrected chi connectivity index (χ2v) is 5.46. The number of rotatable bonds is 2. The first kappa shape index (κ1) is 19.6. The molecule has 0 unspecified atom stereocenters. The zero-order valence-electron chi connectivity index (χ0n) is 14.4. The van der Waals surface area contributed by atoms with E-state index in [9.17, 15) is 9.90 Å². The summed E-state index contributed by atoms with van der Waals surface area (Å²) in [7, 11) is 0. The first-order valence-corrected chi connectivity index (χ1v) is 8.12. The van der Waals surface area contributed by atoms with Crippen molar-refractivity contribution in [2.75, 3.05) is 29.2 Å². The average Bonchev–Trinajstić information content (AvgIpc) is 3.02. The van der Waals surface area contributed by atoms with Gasteiger partial charge in [0.25, 0.3) is 5.56 Å². The Kier molecular flexibility index (Phi) is 7.33. The Balaban J connectivity index is 0.000000671. The fraction of sp³-hybridized carbons (Fsp3) is 0.529. The molecule has 7 nitrogen and oxygen atoms in total. The van der Waals surface area contributed by atoms with Crippen LogP contribution in [0.25, 0.3) is 0 Å². The zero-order chi connectivity index (χ0) is 18.3. The normalized spacial score (nSPS) is 21.5. The van der Waals surface area contributed by atoms with Crippen molar-refractivity contribution in [1.29, 1.82) is 0 Å². The standard InChI is InChI=1S/C13H19N5O2.C2H6.C2H2/c1-7-4-8(5-19)2-3-9(7)18-6-15-10-11(18)16-13(14)17-12(10)20;2*1-2/h8-9,15,19H,1-6H2,(H3,14,16,17,20);1-2H3;1-2H/t8-,9+;;/m1../s1. The number of nitrogen functional groups attached to an aromatic ring is 1. The number of terminal acetylenes is 1. The number of hydrogen-bond donors (Lipinski definition) is 4. The number of aromatic amines is 1. The number of nitrogens with zero attached hydrogens (tertiary/aromatic N) is 2. The van der Waals surface area contributed by atoms with Crippen LogP contribution in [0.5, 0.6) is 0 Å². The molecule has 7 heteroatoms. The lowest BCUT2D eigenvalue weighted by Gasteiger charge is -2.36. The SMILES string of the molecule is C#C.C=C1C[C@H](CO)CC[C@@H]1N1CNc2c1nc(N)[nH]c2=O.CC. The second-order valence-electron chi connectivity index (χ2n) is 5.46. The van der Waals surface area contributed by atoms with Crippen molar-refractivity contribution in [2.45, 2.75) is 39.2 Å². The number of nitrogens with one attached hydrogen (secondary N) is 2. The molecule has 0 spiro atoms. The van der Waals surface area contributed by atoms with E-state index in [1.807, 2.05) is 18.7 Å². The van der Waals surface area contributed by atoms with Crippen molar-refractivity contribution in [3.63, 3.8) is 0 Å². The first-order chi connectivity index (χ1) is 11.6. The molecule has 5 N–H and O–H groups in total. The summed E-state index contributed by atoms with van der Waals surface area (Å²) in [4.78, 5) is 20.6. The number of H-pyrrole nitrogens is 1. The Bertz CT molecular complexity index is 638. The van der Waals surface area contributed by atoms with Gasteiger partial charge in [-0.15, -0.1) is 12.8 Å². The summed E-state index contributed by atoms with van der Waals surface area (Å²) in [6.45, 7) is 8.86. The number of aromatic nitrogens is 2. The van der Waals surface area contributed by atoms with Gasteiger partial charge in [0.2, 0.25) is 5.95 Å². The van der Waals surface area contributed by atoms with E-state index in [4.69, 9.17) is 5.73 Å². The molecule has 132 valence electrons. The van der Waals surface area contributed by atoms with Gasteiger partial charge in [-0.3, -0.25) is 9.78 Å². The summed E-state index contributed by atoms with van der Waals surface area (Å²) in [5.74, 6) is 1.02. The maximum absolute atomic E-state index is 11.8. The summed E-state index contributed by atoms with van der Waals surface area (Å²) < 4.78 is 0. The smallest absolute Gasteiger partial charge is 0.277 e. The molecule has 1 aliphatic carbocycles. The Labute approximate surface area is 143 Å². The van der Waals surface area contributed by atoms with Gasteiger partial charge in [0, 0.05) is 6.61 Å². The molecular formula is C17H27N5O2. The lowest BCUT2D eigenvalue weighted by molar-refractivity contribution is 0.201. The molecule has 3 rings (SSSR count). The Morgan fingerprint density at radius 1 is 1.42 bits per heavy atom. The molecule has 0 amide bonds. The van der Waals surface area contributed by atoms with Crippen molar-refractivity contribution in [3.8, 4) is 12.8 Å². The molecule has 2 heterocycles. The minimum atomic E-state index is -0.246. The van der Waals surface area contributed by atoms with Gasteiger partial charge in [-0.1, -0.05) is 26.0 Å². The monoisotopic (exact) mass is 333 g/mol. The van der Waals surface area contributed by atoms with E-state index < -0.39 is 0 Å². The zero-order valence-corrected chi connectivity index (χ0v) is 14.4. The molecule has 2 aliphatic rings. The van der Waals surface area contributed by atoms with Crippen LogP contribution in [-0.4, -0.2) is 34.4 Å². The molecule has 1 aromatic rings. The van der Waals surface area contributed by atoms with Crippen LogP contribution < -0.4 is 21.5 Å². The number of aliphatic hydroxyl groups excluding tert-OH is 1. The molecule has 0 saturated heterocycles. The van der Waals surface area contributed by atoms with Gasteiger partial charge in [0.1, 0.15) is 5.69 Å². The number of aliphatic hydroxyl groups is 1. The largest absolute Gasteiger partial charge is 0.396 e. The lowest BCUT2D eigenvalue weighted by Crippen LogP contribution is -2.40. The van der Waals surface area contributed by atoms with E-state index in [1.54, 1.807) is 0 Å². The average molecular weight is 333 g/mol. The van der Waals surface area contributed by atoms with E-state index in [0.29, 0.717) is 24.1 Å². The fourth-order valence-electron chi connectivity index (χ4n) is 3.08. The molecular weight excluding hydrogens is 306 g/mol. The van der Waals surface area contributed by atoms with Crippen molar-refractivity contribution < 1.29 is 5.11 Å². The van der Waals surface area contributed by atoms with Gasteiger partial charge in [-0.05, 0) is 25.2 Å². The molecule has 0 radical (unpaired) electrons. The summed E-state index contributed by atoms with van der Waals surface area (Å²) >= 11 is 0. The minimum Gasteiger partial charge on any atom is -0.396 e. The minimum absolute atomic E-state index is 0.122. The van der Waals surface area contributed by atoms with Crippen molar-refractivity contribution in [1.82, 2.24) is 9.97 Å². The van der Waals surface area contributed by atoms with Crippen LogP contribution in [0.4, 0.5) is 17.5 Å². The topological polar surface area (TPSA) is 107 Å². The predicted octanol–water partition coefficient (Wildman–Crippen LogP) is 1.53. The number of anilines is 3. The van der Waals surface area contributed by atoms with E-state index in [-0.39, 0.29) is 24.2 Å². The molecule has 1 aromatic heterocycles. The highest BCUT2D eigenvalue weighted by Gasteiger charge is 2.34. The second kappa shape index (κ2) is 8.99. The van der Waals surface area contributed by atoms with Gasteiger partial charge in [-0.2, -0.15) is 4.98 Å². The maximum Gasteiger partial charge on any atom is 0.277 e. The number of hydrogen-bond acceptors (Lipinski definition) is 6. The lowest BCUT2D eigenvalue weighted by atomic mass is 9.82. The van der Waals surface area contributed by atoms with E-state index in [2.05, 4.69) is 34.7 Å². The molecule has 1 saturated carbocycles. The van der Waals surface area contributed by atoms with Gasteiger partial charge in [0.15, 0.2) is 5.82 Å². The van der Waals surface area contributed by atoms with Gasteiger partial charge in [-0.25, -0.2) is 0 Å². The van der Waals surface area contributed by atoms with E-state index >= 15 is 0 Å². The van der Waals surface area contributed by atoms with Crippen LogP contribution in [0.1, 0.15) is 33.1 Å². The van der Waals surface area contributed by atoms with Gasteiger partial charge >= 0.3 is 0 Å². The quantitative estimate of drug-likeness (QED) is 0.483. The van der Waals surface area contributed by atoms with E-state index in [1.165, 1.54) is 0 Å². The summed E-state index contributed by atoms with van der Waals surface area (Å²) in [5.41, 5.74) is 6.92. The van der Waals surface area contributed by atoms with Crippen LogP contribution in [0, 0.1) is 18.8 Å². The van der Waals surface area contributed by atoms with Crippen LogP contribution in [0.15, 0.2) is 16.9 Å². The molecule has 0 bridgehead atoms. The molecule has 24 heavy (non-hydrogen) atoms. The molecule has 1 aliphatic heterocycles. The van der Waals surface area contributed by atoms with Crippen molar-refractivity contribution in [3.05, 3.63) is 22.5 Å². The van der Waals surface area contributed by atoms with Gasteiger partial charge in [0.05, 0.1) is 12.7 Å². The molecule has 0 aromatic carbocycles. The summed E-state index contributed by atoms with van der Waals surface area (Å²) in [6.07, 6.45) is 10.7. The first-order valence-electron chi connectivity index (χ1n) is 8.12. The summed E-state index contributed by atoms with van der Waals surface area (Å²) in [5, 5.41) is 12.3. The van der Waals surface area contributed by atoms with Crippen LogP contribution in [0.3, 0.4) is 0 Å². The third kappa shape index (κ3) is 3.89. The predicted molar refractivity (Wildman–Crippen MR) is 98.8 cm³/mol. The maximum atomic E-state index is 11.8. The van der Waals surface area contributed by atoms with E-state index in [0.717, 1.165) is 24.8 Å². The molecule has 2 atom stereocenters. The van der Waals surface area contributed by atoms with Crippen molar-refractivity contribution >= 4 is 17.5 Å². The number of nitrogens with two attached hydrogens (primary N) is 1.